The van der Waals surface area contributed by atoms with Crippen molar-refractivity contribution in [2.24, 2.45) is 11.7 Å². The summed E-state index contributed by atoms with van der Waals surface area (Å²) in [6, 6.07) is 0. The van der Waals surface area contributed by atoms with Crippen LogP contribution in [0.1, 0.15) is 40.0 Å². The molecule has 0 bridgehead atoms. The monoisotopic (exact) mass is 261 g/mol. The highest BCUT2D eigenvalue weighted by atomic mass is 16.7. The van der Waals surface area contributed by atoms with Crippen molar-refractivity contribution in [1.82, 2.24) is 0 Å². The SMILES string of the molecule is CCC(C)CC(C)(N)OC1=CC=C2CC=CC=C2O1. The minimum absolute atomic E-state index is 0.485. The first-order valence-electron chi connectivity index (χ1n) is 6.94. The Bertz CT molecular complexity index is 455. The summed E-state index contributed by atoms with van der Waals surface area (Å²) in [4.78, 5) is 0. The fourth-order valence-electron chi connectivity index (χ4n) is 2.28. The molecule has 0 spiro atoms. The number of fused-ring (bicyclic) bond motifs is 1. The van der Waals surface area contributed by atoms with Gasteiger partial charge in [-0.1, -0.05) is 32.4 Å². The summed E-state index contributed by atoms with van der Waals surface area (Å²) in [6.07, 6.45) is 12.7. The molecule has 2 aliphatic rings. The predicted molar refractivity (Wildman–Crippen MR) is 76.8 cm³/mol. The van der Waals surface area contributed by atoms with Gasteiger partial charge in [-0.25, -0.2) is 0 Å². The molecule has 1 heterocycles. The van der Waals surface area contributed by atoms with Gasteiger partial charge in [0.05, 0.1) is 0 Å². The lowest BCUT2D eigenvalue weighted by Gasteiger charge is -2.31. The molecule has 3 heteroatoms. The summed E-state index contributed by atoms with van der Waals surface area (Å²) in [5.41, 5.74) is 6.67. The van der Waals surface area contributed by atoms with E-state index in [1.165, 1.54) is 5.57 Å². The summed E-state index contributed by atoms with van der Waals surface area (Å²) in [6.45, 7) is 6.24. The van der Waals surface area contributed by atoms with Crippen LogP contribution in [0.15, 0.2) is 47.7 Å². The Balaban J connectivity index is 2.01. The van der Waals surface area contributed by atoms with Crippen molar-refractivity contribution in [3.8, 4) is 0 Å². The molecule has 104 valence electrons. The molecule has 2 unspecified atom stereocenters. The normalized spacial score (nSPS) is 22.2. The van der Waals surface area contributed by atoms with Crippen LogP contribution in [0.4, 0.5) is 0 Å². The lowest BCUT2D eigenvalue weighted by molar-refractivity contribution is -0.0573. The van der Waals surface area contributed by atoms with E-state index in [1.807, 2.05) is 31.2 Å². The Morgan fingerprint density at radius 2 is 2.21 bits per heavy atom. The molecule has 1 aliphatic heterocycles. The quantitative estimate of drug-likeness (QED) is 0.766. The minimum Gasteiger partial charge on any atom is -0.444 e. The van der Waals surface area contributed by atoms with Gasteiger partial charge in [0.1, 0.15) is 5.76 Å². The average molecular weight is 261 g/mol. The van der Waals surface area contributed by atoms with Gasteiger partial charge in [-0.05, 0) is 37.0 Å². The first-order valence-corrected chi connectivity index (χ1v) is 6.94. The van der Waals surface area contributed by atoms with Gasteiger partial charge in [0.15, 0.2) is 5.72 Å². The van der Waals surface area contributed by atoms with Gasteiger partial charge in [-0.2, -0.15) is 0 Å². The van der Waals surface area contributed by atoms with E-state index in [2.05, 4.69) is 19.9 Å². The van der Waals surface area contributed by atoms with Crippen molar-refractivity contribution in [3.63, 3.8) is 0 Å². The molecule has 0 fully saturated rings. The van der Waals surface area contributed by atoms with E-state index in [0.29, 0.717) is 11.9 Å². The predicted octanol–water partition coefficient (Wildman–Crippen LogP) is 3.76. The lowest BCUT2D eigenvalue weighted by atomic mass is 9.98. The van der Waals surface area contributed by atoms with Crippen LogP contribution < -0.4 is 5.73 Å². The maximum absolute atomic E-state index is 6.19. The van der Waals surface area contributed by atoms with Crippen LogP contribution in [0, 0.1) is 5.92 Å². The Kier molecular flexibility index (Phi) is 4.15. The topological polar surface area (TPSA) is 44.5 Å². The number of hydrogen-bond acceptors (Lipinski definition) is 3. The number of rotatable bonds is 5. The molecule has 0 saturated carbocycles. The summed E-state index contributed by atoms with van der Waals surface area (Å²) in [5, 5.41) is 0. The molecule has 2 atom stereocenters. The van der Waals surface area contributed by atoms with E-state index in [0.717, 1.165) is 25.0 Å². The van der Waals surface area contributed by atoms with Crippen LogP contribution in [-0.2, 0) is 9.47 Å². The van der Waals surface area contributed by atoms with Gasteiger partial charge < -0.3 is 9.47 Å². The van der Waals surface area contributed by atoms with Crippen LogP contribution in [0.3, 0.4) is 0 Å². The first kappa shape index (κ1) is 13.9. The third-order valence-electron chi connectivity index (χ3n) is 3.45. The van der Waals surface area contributed by atoms with Gasteiger partial charge in [0.2, 0.25) is 0 Å². The zero-order chi connectivity index (χ0) is 13.9. The molecule has 3 nitrogen and oxygen atoms in total. The summed E-state index contributed by atoms with van der Waals surface area (Å²) >= 11 is 0. The van der Waals surface area contributed by atoms with Gasteiger partial charge >= 0.3 is 0 Å². The standard InChI is InChI=1S/C16H23NO2/c1-4-12(2)11-16(3,17)19-15-10-9-13-7-5-6-8-14(13)18-15/h5-6,8-10,12H,4,7,11,17H2,1-3H3. The van der Waals surface area contributed by atoms with E-state index < -0.39 is 5.72 Å². The summed E-state index contributed by atoms with van der Waals surface area (Å²) in [5.74, 6) is 1.88. The van der Waals surface area contributed by atoms with E-state index in [9.17, 15) is 0 Å². The van der Waals surface area contributed by atoms with Crippen molar-refractivity contribution in [2.75, 3.05) is 0 Å². The lowest BCUT2D eigenvalue weighted by Crippen LogP contribution is -2.41. The molecule has 0 aromatic rings. The third-order valence-corrected chi connectivity index (χ3v) is 3.45. The Labute approximate surface area is 115 Å². The van der Waals surface area contributed by atoms with Crippen LogP contribution >= 0.6 is 0 Å². The van der Waals surface area contributed by atoms with E-state index in [-0.39, 0.29) is 0 Å². The number of allylic oxidation sites excluding steroid dienone is 6. The molecule has 0 amide bonds. The molecule has 0 saturated heterocycles. The fraction of sp³-hybridized carbons (Fsp3) is 0.500. The van der Waals surface area contributed by atoms with Crippen molar-refractivity contribution >= 4 is 0 Å². The van der Waals surface area contributed by atoms with Gasteiger partial charge in [-0.3, -0.25) is 5.73 Å². The molecule has 0 aromatic heterocycles. The van der Waals surface area contributed by atoms with Gasteiger partial charge in [0.25, 0.3) is 5.95 Å². The van der Waals surface area contributed by atoms with Crippen LogP contribution in [0.25, 0.3) is 0 Å². The van der Waals surface area contributed by atoms with Gasteiger partial charge in [0, 0.05) is 12.5 Å². The molecular weight excluding hydrogens is 238 g/mol. The maximum Gasteiger partial charge on any atom is 0.286 e. The summed E-state index contributed by atoms with van der Waals surface area (Å²) < 4.78 is 11.5. The Morgan fingerprint density at radius 1 is 1.42 bits per heavy atom. The number of ether oxygens (including phenoxy) is 2. The molecule has 2 N–H and O–H groups in total. The number of nitrogens with two attached hydrogens (primary N) is 1. The van der Waals surface area contributed by atoms with Gasteiger partial charge in [-0.15, -0.1) is 0 Å². The van der Waals surface area contributed by atoms with Crippen LogP contribution in [-0.4, -0.2) is 5.72 Å². The average Bonchev–Trinajstić information content (AvgIpc) is 2.37. The van der Waals surface area contributed by atoms with Crippen LogP contribution in [0.2, 0.25) is 0 Å². The Morgan fingerprint density at radius 3 is 2.95 bits per heavy atom. The third kappa shape index (κ3) is 3.74. The van der Waals surface area contributed by atoms with E-state index in [1.54, 1.807) is 0 Å². The summed E-state index contributed by atoms with van der Waals surface area (Å²) in [7, 11) is 0. The highest BCUT2D eigenvalue weighted by Crippen LogP contribution is 2.30. The molecule has 2 rings (SSSR count). The highest BCUT2D eigenvalue weighted by molar-refractivity contribution is 5.40. The van der Waals surface area contributed by atoms with Crippen molar-refractivity contribution in [3.05, 3.63) is 47.7 Å². The van der Waals surface area contributed by atoms with Crippen molar-refractivity contribution in [1.29, 1.82) is 0 Å². The maximum atomic E-state index is 6.19. The second-order valence-corrected chi connectivity index (χ2v) is 5.58. The second-order valence-electron chi connectivity index (χ2n) is 5.58. The molecule has 1 aliphatic carbocycles. The van der Waals surface area contributed by atoms with Crippen molar-refractivity contribution < 1.29 is 9.47 Å². The highest BCUT2D eigenvalue weighted by Gasteiger charge is 2.26. The zero-order valence-corrected chi connectivity index (χ0v) is 12.0. The fourth-order valence-corrected chi connectivity index (χ4v) is 2.28. The zero-order valence-electron chi connectivity index (χ0n) is 12.0. The number of hydrogen-bond donors (Lipinski definition) is 1. The Hall–Kier alpha value is -1.48. The van der Waals surface area contributed by atoms with Crippen molar-refractivity contribution in [2.45, 2.75) is 45.8 Å². The van der Waals surface area contributed by atoms with Crippen LogP contribution in [0.5, 0.6) is 0 Å². The molecule has 0 radical (unpaired) electrons. The largest absolute Gasteiger partial charge is 0.444 e. The molecule has 0 aromatic carbocycles. The molecular formula is C16H23NO2. The first-order chi connectivity index (χ1) is 9.00. The van der Waals surface area contributed by atoms with E-state index in [4.69, 9.17) is 15.2 Å². The minimum atomic E-state index is -0.697. The smallest absolute Gasteiger partial charge is 0.286 e. The second kappa shape index (κ2) is 5.66. The molecule has 19 heavy (non-hydrogen) atoms. The van der Waals surface area contributed by atoms with E-state index >= 15 is 0 Å².